The van der Waals surface area contributed by atoms with Crippen molar-refractivity contribution in [3.63, 3.8) is 0 Å². The van der Waals surface area contributed by atoms with Crippen LogP contribution >= 0.6 is 11.3 Å². The lowest BCUT2D eigenvalue weighted by molar-refractivity contribution is -0.139. The van der Waals surface area contributed by atoms with Gasteiger partial charge in [-0.3, -0.25) is 15.1 Å². The van der Waals surface area contributed by atoms with Gasteiger partial charge in [-0.05, 0) is 60.4 Å². The molecule has 2 atom stereocenters. The Balaban J connectivity index is 1.65. The third kappa shape index (κ3) is 4.14. The molecule has 0 radical (unpaired) electrons. The van der Waals surface area contributed by atoms with E-state index in [1.807, 2.05) is 35.4 Å². The molecule has 0 unspecified atom stereocenters. The van der Waals surface area contributed by atoms with E-state index in [1.54, 1.807) is 43.4 Å². The Morgan fingerprint density at radius 1 is 1.26 bits per heavy atom. The summed E-state index contributed by atoms with van der Waals surface area (Å²) in [6.45, 7) is 3.23. The van der Waals surface area contributed by atoms with Crippen LogP contribution in [-0.2, 0) is 10.3 Å². The molecule has 8 nitrogen and oxygen atoms in total. The van der Waals surface area contributed by atoms with Crippen molar-refractivity contribution in [2.45, 2.75) is 25.3 Å². The number of amides is 3. The molecule has 2 N–H and O–H groups in total. The second kappa shape index (κ2) is 9.11. The van der Waals surface area contributed by atoms with Crippen LogP contribution in [0.5, 0.6) is 0 Å². The maximum absolute atomic E-state index is 13.5. The van der Waals surface area contributed by atoms with Crippen LogP contribution in [0, 0.1) is 28.6 Å². The highest BCUT2D eigenvalue weighted by Crippen LogP contribution is 2.45. The van der Waals surface area contributed by atoms with Crippen molar-refractivity contribution in [1.29, 1.82) is 10.7 Å². The zero-order valence-electron chi connectivity index (χ0n) is 20.0. The number of likely N-dealkylation sites (tertiary alicyclic amines) is 1. The number of carbonyl (C=O) groups is 2. The summed E-state index contributed by atoms with van der Waals surface area (Å²) in [6.07, 6.45) is 1.47. The van der Waals surface area contributed by atoms with E-state index in [0.717, 1.165) is 28.8 Å². The Hall–Kier alpha value is -3.38. The summed E-state index contributed by atoms with van der Waals surface area (Å²) in [5, 5.41) is 23.0. The summed E-state index contributed by atoms with van der Waals surface area (Å²) in [5.74, 6) is -0.255. The lowest BCUT2D eigenvalue weighted by Crippen LogP contribution is -2.65. The quantitative estimate of drug-likeness (QED) is 0.705. The standard InChI is InChI=1S/C25H30N6O2S/c1-25(20-13-19(15-34-20)18-7-5-6-16(12-18)14-26)21(22(32)30(4)23(27)28-25)17-8-10-31(11-9-17)24(33)29(2)3/h5-7,12-13,15,17,21H,8-11H2,1-4H3,(H2,27,28)/t21-,25+/m0/s1. The molecule has 3 amide bonds. The zero-order valence-corrected chi connectivity index (χ0v) is 20.8. The van der Waals surface area contributed by atoms with Crippen LogP contribution in [-0.4, -0.2) is 66.8 Å². The van der Waals surface area contributed by atoms with Crippen LogP contribution < -0.4 is 5.32 Å². The first kappa shape index (κ1) is 23.8. The second-order valence-electron chi connectivity index (χ2n) is 9.44. The highest BCUT2D eigenvalue weighted by Gasteiger charge is 2.52. The van der Waals surface area contributed by atoms with Crippen molar-refractivity contribution in [1.82, 2.24) is 20.0 Å². The first-order valence-electron chi connectivity index (χ1n) is 11.4. The number of nitriles is 1. The van der Waals surface area contributed by atoms with E-state index in [4.69, 9.17) is 5.41 Å². The largest absolute Gasteiger partial charge is 0.345 e. The fourth-order valence-corrected chi connectivity index (χ4v) is 6.17. The summed E-state index contributed by atoms with van der Waals surface area (Å²) in [4.78, 5) is 31.7. The van der Waals surface area contributed by atoms with Gasteiger partial charge in [-0.1, -0.05) is 12.1 Å². The van der Waals surface area contributed by atoms with Gasteiger partial charge in [0.25, 0.3) is 0 Å². The monoisotopic (exact) mass is 478 g/mol. The summed E-state index contributed by atoms with van der Waals surface area (Å²) in [7, 11) is 5.14. The van der Waals surface area contributed by atoms with Crippen LogP contribution in [0.2, 0.25) is 0 Å². The minimum absolute atomic E-state index is 0.00398. The number of nitrogens with one attached hydrogen (secondary N) is 2. The SMILES string of the molecule is CN(C)C(=O)N1CCC([C@H]2C(=O)N(C)C(=N)N[C@]2(C)c2cc(-c3cccc(C#N)c3)cs2)CC1. The van der Waals surface area contributed by atoms with Gasteiger partial charge in [-0.25, -0.2) is 4.79 Å². The predicted molar refractivity (Wildman–Crippen MR) is 132 cm³/mol. The van der Waals surface area contributed by atoms with Gasteiger partial charge in [0.2, 0.25) is 5.91 Å². The average Bonchev–Trinajstić information content (AvgIpc) is 3.34. The van der Waals surface area contributed by atoms with Crippen molar-refractivity contribution in [3.05, 3.63) is 46.2 Å². The van der Waals surface area contributed by atoms with E-state index < -0.39 is 5.54 Å². The topological polar surface area (TPSA) is 104 Å². The average molecular weight is 479 g/mol. The molecule has 34 heavy (non-hydrogen) atoms. The van der Waals surface area contributed by atoms with Gasteiger partial charge < -0.3 is 15.1 Å². The summed E-state index contributed by atoms with van der Waals surface area (Å²) in [5.41, 5.74) is 1.80. The van der Waals surface area contributed by atoms with Gasteiger partial charge in [0.15, 0.2) is 5.96 Å². The lowest BCUT2D eigenvalue weighted by Gasteiger charge is -2.49. The summed E-state index contributed by atoms with van der Waals surface area (Å²) >= 11 is 1.56. The molecular weight excluding hydrogens is 448 g/mol. The maximum Gasteiger partial charge on any atom is 0.319 e. The summed E-state index contributed by atoms with van der Waals surface area (Å²) < 4.78 is 0. The van der Waals surface area contributed by atoms with Crippen molar-refractivity contribution in [2.24, 2.45) is 11.8 Å². The molecule has 2 aromatic rings. The number of guanidine groups is 1. The molecule has 2 aliphatic rings. The van der Waals surface area contributed by atoms with E-state index in [9.17, 15) is 14.9 Å². The van der Waals surface area contributed by atoms with Crippen molar-refractivity contribution < 1.29 is 9.59 Å². The first-order valence-corrected chi connectivity index (χ1v) is 12.2. The van der Waals surface area contributed by atoms with Crippen LogP contribution in [0.15, 0.2) is 35.7 Å². The molecule has 2 fully saturated rings. The third-order valence-electron chi connectivity index (χ3n) is 7.03. The molecule has 4 rings (SSSR count). The Kier molecular flexibility index (Phi) is 6.36. The van der Waals surface area contributed by atoms with Gasteiger partial charge in [0.05, 0.1) is 23.1 Å². The van der Waals surface area contributed by atoms with Gasteiger partial charge in [0.1, 0.15) is 0 Å². The molecule has 1 aromatic carbocycles. The number of rotatable bonds is 3. The van der Waals surface area contributed by atoms with E-state index in [2.05, 4.69) is 17.5 Å². The number of thiophene rings is 1. The Morgan fingerprint density at radius 2 is 1.97 bits per heavy atom. The molecule has 2 aliphatic heterocycles. The van der Waals surface area contributed by atoms with Crippen molar-refractivity contribution in [2.75, 3.05) is 34.2 Å². The van der Waals surface area contributed by atoms with E-state index in [1.165, 1.54) is 4.90 Å². The first-order chi connectivity index (χ1) is 16.2. The van der Waals surface area contributed by atoms with Gasteiger partial charge in [-0.15, -0.1) is 11.3 Å². The molecule has 0 bridgehead atoms. The predicted octanol–water partition coefficient (Wildman–Crippen LogP) is 3.51. The highest BCUT2D eigenvalue weighted by atomic mass is 32.1. The number of nitrogens with zero attached hydrogens (tertiary/aromatic N) is 4. The summed E-state index contributed by atoms with van der Waals surface area (Å²) in [6, 6.07) is 11.7. The van der Waals surface area contributed by atoms with E-state index in [-0.39, 0.29) is 29.7 Å². The van der Waals surface area contributed by atoms with Gasteiger partial charge in [-0.2, -0.15) is 5.26 Å². The number of hydrogen-bond acceptors (Lipinski definition) is 5. The molecule has 1 aromatic heterocycles. The van der Waals surface area contributed by atoms with Crippen LogP contribution in [0.3, 0.4) is 0 Å². The van der Waals surface area contributed by atoms with Crippen LogP contribution in [0.1, 0.15) is 30.2 Å². The van der Waals surface area contributed by atoms with Gasteiger partial charge >= 0.3 is 6.03 Å². The smallest absolute Gasteiger partial charge is 0.319 e. The molecule has 0 saturated carbocycles. The highest BCUT2D eigenvalue weighted by molar-refractivity contribution is 7.10. The third-order valence-corrected chi connectivity index (χ3v) is 8.20. The van der Waals surface area contributed by atoms with Crippen LogP contribution in [0.25, 0.3) is 11.1 Å². The van der Waals surface area contributed by atoms with Crippen molar-refractivity contribution >= 4 is 29.2 Å². The number of urea groups is 1. The fourth-order valence-electron chi connectivity index (χ4n) is 5.10. The molecule has 3 heterocycles. The molecule has 178 valence electrons. The minimum atomic E-state index is -0.741. The number of hydrogen-bond donors (Lipinski definition) is 2. The maximum atomic E-state index is 13.5. The van der Waals surface area contributed by atoms with E-state index in [0.29, 0.717) is 18.7 Å². The second-order valence-corrected chi connectivity index (χ2v) is 10.4. The zero-order chi connectivity index (χ0) is 24.6. The molecule has 0 aliphatic carbocycles. The van der Waals surface area contributed by atoms with E-state index >= 15 is 0 Å². The normalized spacial score (nSPS) is 23.4. The number of piperidine rings is 1. The minimum Gasteiger partial charge on any atom is -0.345 e. The molecule has 2 saturated heterocycles. The Labute approximate surface area is 204 Å². The molecule has 0 spiro atoms. The fraction of sp³-hybridized carbons (Fsp3) is 0.440. The van der Waals surface area contributed by atoms with Crippen molar-refractivity contribution in [3.8, 4) is 17.2 Å². The van der Waals surface area contributed by atoms with Crippen LogP contribution in [0.4, 0.5) is 4.79 Å². The molecule has 9 heteroatoms. The molecular formula is C25H30N6O2S. The number of carbonyl (C=O) groups excluding carboxylic acids is 2. The Morgan fingerprint density at radius 3 is 2.62 bits per heavy atom. The van der Waals surface area contributed by atoms with Gasteiger partial charge in [0, 0.05) is 39.1 Å². The number of benzene rings is 1. The lowest BCUT2D eigenvalue weighted by atomic mass is 9.70. The Bertz CT molecular complexity index is 1160.